The number of amides is 3. The first-order valence-corrected chi connectivity index (χ1v) is 9.69. The molecule has 3 amide bonds. The maximum Gasteiger partial charge on any atom is 0.408 e. The van der Waals surface area contributed by atoms with E-state index in [0.29, 0.717) is 19.4 Å². The minimum atomic E-state index is -0.687. The Bertz CT molecular complexity index is 688. The SMILES string of the molecule is CC(C)[C@H]1/C=C\C(=O)NCCCC[C@H](NC(=O)OCc2ccccc2)C(=O)N1. The van der Waals surface area contributed by atoms with Gasteiger partial charge in [0.25, 0.3) is 0 Å². The molecular weight excluding hydrogens is 358 g/mol. The molecule has 0 aliphatic carbocycles. The van der Waals surface area contributed by atoms with Crippen LogP contribution >= 0.6 is 0 Å². The van der Waals surface area contributed by atoms with Crippen LogP contribution in [0.5, 0.6) is 0 Å². The molecule has 0 fully saturated rings. The molecule has 2 rings (SSSR count). The van der Waals surface area contributed by atoms with Crippen molar-refractivity contribution in [3.63, 3.8) is 0 Å². The van der Waals surface area contributed by atoms with E-state index in [1.54, 1.807) is 6.08 Å². The van der Waals surface area contributed by atoms with E-state index in [1.165, 1.54) is 6.08 Å². The van der Waals surface area contributed by atoms with Gasteiger partial charge in [0.2, 0.25) is 11.8 Å². The molecule has 0 unspecified atom stereocenters. The number of benzene rings is 1. The highest BCUT2D eigenvalue weighted by Crippen LogP contribution is 2.08. The quantitative estimate of drug-likeness (QED) is 0.738. The van der Waals surface area contributed by atoms with Crippen molar-refractivity contribution < 1.29 is 19.1 Å². The first-order chi connectivity index (χ1) is 13.5. The van der Waals surface area contributed by atoms with Gasteiger partial charge in [-0.05, 0) is 30.7 Å². The van der Waals surface area contributed by atoms with Gasteiger partial charge < -0.3 is 20.7 Å². The van der Waals surface area contributed by atoms with E-state index in [2.05, 4.69) is 16.0 Å². The van der Waals surface area contributed by atoms with Crippen molar-refractivity contribution in [2.75, 3.05) is 6.54 Å². The molecule has 0 aromatic heterocycles. The highest BCUT2D eigenvalue weighted by molar-refractivity contribution is 5.88. The van der Waals surface area contributed by atoms with E-state index in [1.807, 2.05) is 44.2 Å². The van der Waals surface area contributed by atoms with Crippen LogP contribution in [0, 0.1) is 5.92 Å². The second-order valence-electron chi connectivity index (χ2n) is 7.18. The van der Waals surface area contributed by atoms with Crippen LogP contribution in [-0.2, 0) is 20.9 Å². The van der Waals surface area contributed by atoms with Gasteiger partial charge in [-0.15, -0.1) is 0 Å². The third kappa shape index (κ3) is 7.42. The highest BCUT2D eigenvalue weighted by Gasteiger charge is 2.24. The first-order valence-electron chi connectivity index (χ1n) is 9.69. The van der Waals surface area contributed by atoms with Crippen molar-refractivity contribution in [1.29, 1.82) is 0 Å². The Kier molecular flexibility index (Phi) is 8.52. The van der Waals surface area contributed by atoms with Crippen LogP contribution in [0.1, 0.15) is 38.7 Å². The maximum atomic E-state index is 12.7. The van der Waals surface area contributed by atoms with Crippen LogP contribution in [0.4, 0.5) is 4.79 Å². The molecule has 28 heavy (non-hydrogen) atoms. The zero-order valence-corrected chi connectivity index (χ0v) is 16.4. The van der Waals surface area contributed by atoms with E-state index in [-0.39, 0.29) is 30.4 Å². The minimum absolute atomic E-state index is 0.0987. The zero-order valence-electron chi connectivity index (χ0n) is 16.4. The van der Waals surface area contributed by atoms with Crippen LogP contribution in [0.25, 0.3) is 0 Å². The van der Waals surface area contributed by atoms with Crippen LogP contribution in [0.3, 0.4) is 0 Å². The molecule has 1 heterocycles. The third-order valence-corrected chi connectivity index (χ3v) is 4.52. The standard InChI is InChI=1S/C21H29N3O4/c1-15(2)17-11-12-19(25)22-13-7-6-10-18(20(26)23-17)24-21(27)28-14-16-8-4-3-5-9-16/h3-5,8-9,11-12,15,17-18H,6-7,10,13-14H2,1-2H3,(H,22,25)(H,23,26)(H,24,27)/b12-11-/t17-,18+/m1/s1. The molecule has 0 bridgehead atoms. The molecule has 152 valence electrons. The van der Waals surface area contributed by atoms with Gasteiger partial charge in [0.1, 0.15) is 12.6 Å². The van der Waals surface area contributed by atoms with E-state index in [4.69, 9.17) is 4.74 Å². The Balaban J connectivity index is 1.99. The van der Waals surface area contributed by atoms with Crippen molar-refractivity contribution >= 4 is 17.9 Å². The lowest BCUT2D eigenvalue weighted by Crippen LogP contribution is -2.50. The summed E-state index contributed by atoms with van der Waals surface area (Å²) in [5.74, 6) is -0.345. The molecule has 7 heteroatoms. The summed E-state index contributed by atoms with van der Waals surface area (Å²) in [4.78, 5) is 36.7. The average Bonchev–Trinajstić information content (AvgIpc) is 2.67. The van der Waals surface area contributed by atoms with E-state index >= 15 is 0 Å². The number of nitrogens with one attached hydrogen (secondary N) is 3. The van der Waals surface area contributed by atoms with Crippen LogP contribution in [-0.4, -0.2) is 36.5 Å². The molecule has 0 radical (unpaired) electrons. The number of carbonyl (C=O) groups is 3. The van der Waals surface area contributed by atoms with Crippen molar-refractivity contribution in [3.05, 3.63) is 48.0 Å². The normalized spacial score (nSPS) is 22.2. The summed E-state index contributed by atoms with van der Waals surface area (Å²) >= 11 is 0. The molecule has 1 aliphatic heterocycles. The predicted octanol–water partition coefficient (Wildman–Crippen LogP) is 2.28. The van der Waals surface area contributed by atoms with Gasteiger partial charge in [-0.25, -0.2) is 4.79 Å². The predicted molar refractivity (Wildman–Crippen MR) is 106 cm³/mol. The first kappa shape index (κ1) is 21.5. The molecule has 0 spiro atoms. The maximum absolute atomic E-state index is 12.7. The van der Waals surface area contributed by atoms with Gasteiger partial charge in [-0.2, -0.15) is 0 Å². The van der Waals surface area contributed by atoms with Gasteiger partial charge in [0.05, 0.1) is 0 Å². The number of rotatable bonds is 4. The second kappa shape index (κ2) is 11.1. The van der Waals surface area contributed by atoms with E-state index in [0.717, 1.165) is 12.0 Å². The molecule has 0 saturated heterocycles. The summed E-state index contributed by atoms with van der Waals surface area (Å²) < 4.78 is 5.24. The number of ether oxygens (including phenoxy) is 1. The molecule has 7 nitrogen and oxygen atoms in total. The largest absolute Gasteiger partial charge is 0.445 e. The Morgan fingerprint density at radius 3 is 2.68 bits per heavy atom. The van der Waals surface area contributed by atoms with Gasteiger partial charge in [-0.1, -0.05) is 50.3 Å². The average molecular weight is 387 g/mol. The Labute approximate surface area is 165 Å². The lowest BCUT2D eigenvalue weighted by Gasteiger charge is -2.24. The van der Waals surface area contributed by atoms with Crippen molar-refractivity contribution in [3.8, 4) is 0 Å². The van der Waals surface area contributed by atoms with Crippen LogP contribution < -0.4 is 16.0 Å². The highest BCUT2D eigenvalue weighted by atomic mass is 16.5. The van der Waals surface area contributed by atoms with Crippen molar-refractivity contribution in [2.45, 2.75) is 51.8 Å². The molecule has 1 aromatic rings. The summed E-state index contributed by atoms with van der Waals surface area (Å²) in [5.41, 5.74) is 0.876. The molecular formula is C21H29N3O4. The van der Waals surface area contributed by atoms with Crippen LogP contribution in [0.2, 0.25) is 0 Å². The number of alkyl carbamates (subject to hydrolysis) is 1. The molecule has 2 atom stereocenters. The fourth-order valence-corrected chi connectivity index (χ4v) is 2.81. The number of hydrogen-bond acceptors (Lipinski definition) is 4. The number of carbonyl (C=O) groups excluding carboxylic acids is 3. The lowest BCUT2D eigenvalue weighted by atomic mass is 10.0. The van der Waals surface area contributed by atoms with E-state index in [9.17, 15) is 14.4 Å². The summed E-state index contributed by atoms with van der Waals surface area (Å²) in [6.07, 6.45) is 4.39. The summed E-state index contributed by atoms with van der Waals surface area (Å²) in [5, 5.41) is 8.40. The van der Waals surface area contributed by atoms with Crippen LogP contribution in [0.15, 0.2) is 42.5 Å². The van der Waals surface area contributed by atoms with Crippen molar-refractivity contribution in [1.82, 2.24) is 16.0 Å². The smallest absolute Gasteiger partial charge is 0.408 e. The fraction of sp³-hybridized carbons (Fsp3) is 0.476. The zero-order chi connectivity index (χ0) is 20.4. The molecule has 1 aromatic carbocycles. The second-order valence-corrected chi connectivity index (χ2v) is 7.18. The summed E-state index contributed by atoms with van der Waals surface area (Å²) in [6, 6.07) is 8.37. The van der Waals surface area contributed by atoms with Gasteiger partial charge >= 0.3 is 6.09 Å². The minimum Gasteiger partial charge on any atom is -0.445 e. The van der Waals surface area contributed by atoms with Crippen molar-refractivity contribution in [2.24, 2.45) is 5.92 Å². The molecule has 3 N–H and O–H groups in total. The lowest BCUT2D eigenvalue weighted by molar-refractivity contribution is -0.124. The molecule has 1 aliphatic rings. The monoisotopic (exact) mass is 387 g/mol. The van der Waals surface area contributed by atoms with Gasteiger partial charge in [0.15, 0.2) is 0 Å². The summed E-state index contributed by atoms with van der Waals surface area (Å²) in [7, 11) is 0. The Morgan fingerprint density at radius 1 is 1.21 bits per heavy atom. The fourth-order valence-electron chi connectivity index (χ4n) is 2.81. The third-order valence-electron chi connectivity index (χ3n) is 4.52. The number of hydrogen-bond donors (Lipinski definition) is 3. The van der Waals surface area contributed by atoms with E-state index < -0.39 is 12.1 Å². The topological polar surface area (TPSA) is 96.5 Å². The Hall–Kier alpha value is -2.83. The Morgan fingerprint density at radius 2 is 1.96 bits per heavy atom. The molecule has 0 saturated carbocycles. The van der Waals surface area contributed by atoms with Gasteiger partial charge in [0, 0.05) is 18.7 Å². The summed E-state index contributed by atoms with van der Waals surface area (Å²) in [6.45, 7) is 4.58. The van der Waals surface area contributed by atoms with Gasteiger partial charge in [-0.3, -0.25) is 9.59 Å².